The third-order valence-corrected chi connectivity index (χ3v) is 4.69. The molecule has 1 heterocycles. The summed E-state index contributed by atoms with van der Waals surface area (Å²) in [6.07, 6.45) is -0.179. The number of para-hydroxylation sites is 1. The highest BCUT2D eigenvalue weighted by Crippen LogP contribution is 2.23. The first kappa shape index (κ1) is 17.1. The Morgan fingerprint density at radius 2 is 2.04 bits per heavy atom. The van der Waals surface area contributed by atoms with Crippen LogP contribution in [0.3, 0.4) is 0 Å². The first-order valence-electron chi connectivity index (χ1n) is 7.28. The van der Waals surface area contributed by atoms with Gasteiger partial charge in [0.25, 0.3) is 5.91 Å². The van der Waals surface area contributed by atoms with E-state index in [-0.39, 0.29) is 5.69 Å². The average Bonchev–Trinajstić information content (AvgIpc) is 2.90. The Morgan fingerprint density at radius 1 is 1.35 bits per heavy atom. The largest absolute Gasteiger partial charge is 0.448 e. The molecule has 0 saturated carbocycles. The minimum Gasteiger partial charge on any atom is -0.448 e. The molecule has 2 rings (SSSR count). The second-order valence-corrected chi connectivity index (χ2v) is 6.22. The highest BCUT2D eigenvalue weighted by Gasteiger charge is 2.21. The smallest absolute Gasteiger partial charge is 0.349 e. The highest BCUT2D eigenvalue weighted by molar-refractivity contribution is 7.14. The van der Waals surface area contributed by atoms with Gasteiger partial charge in [-0.2, -0.15) is 0 Å². The van der Waals surface area contributed by atoms with Crippen LogP contribution in [0.5, 0.6) is 0 Å². The number of aryl methyl sites for hydroxylation is 2. The van der Waals surface area contributed by atoms with Crippen LogP contribution >= 0.6 is 11.3 Å². The predicted molar refractivity (Wildman–Crippen MR) is 88.3 cm³/mol. The van der Waals surface area contributed by atoms with Crippen LogP contribution < -0.4 is 5.32 Å². The van der Waals surface area contributed by atoms with Crippen molar-refractivity contribution < 1.29 is 18.7 Å². The Labute approximate surface area is 138 Å². The molecule has 6 heteroatoms. The number of carbonyl (C=O) groups excluding carboxylic acids is 2. The molecule has 0 radical (unpaired) electrons. The van der Waals surface area contributed by atoms with E-state index in [0.717, 1.165) is 16.9 Å². The maximum absolute atomic E-state index is 13.5. The van der Waals surface area contributed by atoms with Gasteiger partial charge in [-0.05, 0) is 44.0 Å². The number of halogens is 1. The van der Waals surface area contributed by atoms with Crippen LogP contribution in [0, 0.1) is 12.7 Å². The molecule has 0 bridgehead atoms. The summed E-state index contributed by atoms with van der Waals surface area (Å²) in [6.45, 7) is 5.40. The number of hydrogen-bond donors (Lipinski definition) is 1. The van der Waals surface area contributed by atoms with Crippen LogP contribution in [0.4, 0.5) is 10.1 Å². The number of rotatable bonds is 5. The maximum Gasteiger partial charge on any atom is 0.349 e. The second-order valence-electron chi connectivity index (χ2n) is 5.09. The Hall–Kier alpha value is -2.21. The molecule has 1 unspecified atom stereocenters. The van der Waals surface area contributed by atoms with Crippen LogP contribution in [0.25, 0.3) is 0 Å². The van der Waals surface area contributed by atoms with Gasteiger partial charge in [-0.3, -0.25) is 4.79 Å². The lowest BCUT2D eigenvalue weighted by molar-refractivity contribution is -0.123. The fourth-order valence-electron chi connectivity index (χ4n) is 2.04. The van der Waals surface area contributed by atoms with Crippen molar-refractivity contribution in [2.24, 2.45) is 0 Å². The Bertz CT molecular complexity index is 726. The summed E-state index contributed by atoms with van der Waals surface area (Å²) >= 11 is 1.36. The lowest BCUT2D eigenvalue weighted by Gasteiger charge is -2.13. The summed E-state index contributed by atoms with van der Waals surface area (Å²) in [5.74, 6) is -1.66. The van der Waals surface area contributed by atoms with Crippen molar-refractivity contribution in [3.8, 4) is 0 Å². The van der Waals surface area contributed by atoms with Gasteiger partial charge in [-0.1, -0.05) is 19.1 Å². The number of amides is 1. The van der Waals surface area contributed by atoms with Gasteiger partial charge in [0.1, 0.15) is 10.7 Å². The van der Waals surface area contributed by atoms with Gasteiger partial charge < -0.3 is 10.1 Å². The summed E-state index contributed by atoms with van der Waals surface area (Å²) < 4.78 is 18.7. The lowest BCUT2D eigenvalue weighted by Crippen LogP contribution is -2.30. The van der Waals surface area contributed by atoms with E-state index in [1.807, 2.05) is 13.8 Å². The molecule has 0 saturated heterocycles. The molecule has 1 aromatic heterocycles. The van der Waals surface area contributed by atoms with E-state index < -0.39 is 23.8 Å². The van der Waals surface area contributed by atoms with Crippen molar-refractivity contribution >= 4 is 28.9 Å². The van der Waals surface area contributed by atoms with Crippen molar-refractivity contribution in [1.82, 2.24) is 0 Å². The zero-order chi connectivity index (χ0) is 17.0. The van der Waals surface area contributed by atoms with Crippen LogP contribution in [0.2, 0.25) is 0 Å². The molecule has 2 aromatic rings. The van der Waals surface area contributed by atoms with Crippen molar-refractivity contribution in [1.29, 1.82) is 0 Å². The summed E-state index contributed by atoms with van der Waals surface area (Å²) in [5, 5.41) is 2.41. The van der Waals surface area contributed by atoms with Crippen LogP contribution in [0.15, 0.2) is 30.3 Å². The number of anilines is 1. The van der Waals surface area contributed by atoms with Crippen LogP contribution in [0.1, 0.15) is 34.0 Å². The molecule has 1 aromatic carbocycles. The van der Waals surface area contributed by atoms with Gasteiger partial charge in [-0.15, -0.1) is 11.3 Å². The number of esters is 1. The topological polar surface area (TPSA) is 55.4 Å². The Kier molecular flexibility index (Phi) is 5.50. The lowest BCUT2D eigenvalue weighted by atomic mass is 10.2. The zero-order valence-electron chi connectivity index (χ0n) is 13.2. The molecule has 4 nitrogen and oxygen atoms in total. The fourth-order valence-corrected chi connectivity index (χ4v) is 3.04. The van der Waals surface area contributed by atoms with Crippen molar-refractivity contribution in [2.45, 2.75) is 33.3 Å². The zero-order valence-corrected chi connectivity index (χ0v) is 14.0. The van der Waals surface area contributed by atoms with Gasteiger partial charge >= 0.3 is 5.97 Å². The first-order valence-corrected chi connectivity index (χ1v) is 8.09. The van der Waals surface area contributed by atoms with E-state index in [0.29, 0.717) is 4.88 Å². The first-order chi connectivity index (χ1) is 10.9. The molecule has 0 aliphatic carbocycles. The van der Waals surface area contributed by atoms with Gasteiger partial charge in [0.05, 0.1) is 5.69 Å². The predicted octanol–water partition coefficient (Wildman–Crippen LogP) is 3.94. The van der Waals surface area contributed by atoms with Gasteiger partial charge in [0.2, 0.25) is 0 Å². The molecule has 1 atom stereocenters. The molecule has 0 spiro atoms. The molecular weight excluding hydrogens is 317 g/mol. The molecule has 1 amide bonds. The van der Waals surface area contributed by atoms with Crippen molar-refractivity contribution in [3.63, 3.8) is 0 Å². The van der Waals surface area contributed by atoms with Crippen LogP contribution in [-0.2, 0) is 16.0 Å². The number of hydrogen-bond acceptors (Lipinski definition) is 4. The van der Waals surface area contributed by atoms with E-state index in [1.54, 1.807) is 12.1 Å². The molecule has 0 aliphatic rings. The van der Waals surface area contributed by atoms with Crippen molar-refractivity contribution in [3.05, 3.63) is 51.5 Å². The summed E-state index contributed by atoms with van der Waals surface area (Å²) in [4.78, 5) is 25.7. The van der Waals surface area contributed by atoms with Gasteiger partial charge in [-0.25, -0.2) is 9.18 Å². The van der Waals surface area contributed by atoms with Gasteiger partial charge in [0.15, 0.2) is 6.10 Å². The van der Waals surface area contributed by atoms with E-state index in [9.17, 15) is 14.0 Å². The normalized spacial score (nSPS) is 11.8. The number of thiophene rings is 1. The standard InChI is InChI=1S/C17H18FNO3S/c1-4-14-10(2)9-15(23-14)17(21)22-11(3)16(20)19-13-8-6-5-7-12(13)18/h5-9,11H,4H2,1-3H3,(H,19,20). The minimum atomic E-state index is -1.02. The second kappa shape index (κ2) is 7.37. The van der Waals surface area contributed by atoms with E-state index >= 15 is 0 Å². The third kappa shape index (κ3) is 4.16. The molecule has 1 N–H and O–H groups in total. The fraction of sp³-hybridized carbons (Fsp3) is 0.294. The molecular formula is C17H18FNO3S. The van der Waals surface area contributed by atoms with E-state index in [1.165, 1.54) is 36.5 Å². The molecule has 23 heavy (non-hydrogen) atoms. The number of ether oxygens (including phenoxy) is 1. The summed E-state index contributed by atoms with van der Waals surface area (Å²) in [6, 6.07) is 7.58. The van der Waals surface area contributed by atoms with Gasteiger partial charge in [0, 0.05) is 4.88 Å². The monoisotopic (exact) mass is 335 g/mol. The third-order valence-electron chi connectivity index (χ3n) is 3.33. The van der Waals surface area contributed by atoms with Crippen LogP contribution in [-0.4, -0.2) is 18.0 Å². The number of benzene rings is 1. The number of nitrogens with one attached hydrogen (secondary N) is 1. The Balaban J connectivity index is 2.00. The molecule has 122 valence electrons. The minimum absolute atomic E-state index is 0.0561. The molecule has 0 aliphatic heterocycles. The quantitative estimate of drug-likeness (QED) is 0.842. The van der Waals surface area contributed by atoms with Crippen molar-refractivity contribution in [2.75, 3.05) is 5.32 Å². The Morgan fingerprint density at radius 3 is 2.65 bits per heavy atom. The van der Waals surface area contributed by atoms with E-state index in [4.69, 9.17) is 4.74 Å². The average molecular weight is 335 g/mol. The summed E-state index contributed by atoms with van der Waals surface area (Å²) in [7, 11) is 0. The highest BCUT2D eigenvalue weighted by atomic mass is 32.1. The maximum atomic E-state index is 13.5. The number of carbonyl (C=O) groups is 2. The van der Waals surface area contributed by atoms with E-state index in [2.05, 4.69) is 5.32 Å². The summed E-state index contributed by atoms with van der Waals surface area (Å²) in [5.41, 5.74) is 1.09. The molecule has 0 fully saturated rings. The SMILES string of the molecule is CCc1sc(C(=O)OC(C)C(=O)Nc2ccccc2F)cc1C.